The molecule has 1 unspecified atom stereocenters. The molecular formula is C10H10OS. The zero-order chi connectivity index (χ0) is 8.97. The highest BCUT2D eigenvalue weighted by Crippen LogP contribution is 2.27. The molecule has 1 nitrogen and oxygen atoms in total. The molecule has 0 N–H and O–H groups in total. The molecule has 0 bridgehead atoms. The van der Waals surface area contributed by atoms with Gasteiger partial charge in [-0.15, -0.1) is 0 Å². The standard InChI is InChI=1S/C10H10OS/c1-8(12-9(2)11)10-6-4-3-5-7-10/h1,3-8H,2H3. The van der Waals surface area contributed by atoms with Crippen molar-refractivity contribution in [2.45, 2.75) is 12.2 Å². The van der Waals surface area contributed by atoms with Crippen LogP contribution in [0.25, 0.3) is 0 Å². The minimum Gasteiger partial charge on any atom is -0.288 e. The fraction of sp³-hybridized carbons (Fsp3) is 0.200. The van der Waals surface area contributed by atoms with Gasteiger partial charge in [-0.2, -0.15) is 0 Å². The second kappa shape index (κ2) is 4.31. The molecule has 1 atom stereocenters. The Morgan fingerprint density at radius 1 is 1.42 bits per heavy atom. The molecule has 2 radical (unpaired) electrons. The fourth-order valence-corrected chi connectivity index (χ4v) is 1.54. The molecule has 0 saturated heterocycles. The lowest BCUT2D eigenvalue weighted by atomic mass is 10.2. The molecule has 0 aliphatic heterocycles. The van der Waals surface area contributed by atoms with Crippen molar-refractivity contribution < 1.29 is 4.79 Å². The number of thioether (sulfide) groups is 1. The molecule has 0 amide bonds. The van der Waals surface area contributed by atoms with E-state index in [1.165, 1.54) is 6.92 Å². The van der Waals surface area contributed by atoms with Crippen LogP contribution in [0.5, 0.6) is 0 Å². The Hall–Kier alpha value is -0.760. The number of rotatable bonds is 2. The molecule has 62 valence electrons. The van der Waals surface area contributed by atoms with E-state index in [0.29, 0.717) is 0 Å². The molecule has 0 heterocycles. The van der Waals surface area contributed by atoms with Gasteiger partial charge in [0.15, 0.2) is 5.12 Å². The van der Waals surface area contributed by atoms with Crippen molar-refractivity contribution in [2.24, 2.45) is 0 Å². The first-order chi connectivity index (χ1) is 5.70. The van der Waals surface area contributed by atoms with Crippen molar-refractivity contribution in [3.05, 3.63) is 42.8 Å². The summed E-state index contributed by atoms with van der Waals surface area (Å²) in [6.45, 7) is 7.26. The zero-order valence-corrected chi connectivity index (χ0v) is 7.67. The van der Waals surface area contributed by atoms with Gasteiger partial charge in [0, 0.05) is 12.2 Å². The van der Waals surface area contributed by atoms with Crippen LogP contribution >= 0.6 is 11.8 Å². The van der Waals surface area contributed by atoms with Gasteiger partial charge in [0.2, 0.25) is 0 Å². The second-order valence-electron chi connectivity index (χ2n) is 2.44. The number of benzene rings is 1. The van der Waals surface area contributed by atoms with E-state index in [0.717, 1.165) is 17.3 Å². The van der Waals surface area contributed by atoms with Gasteiger partial charge in [-0.25, -0.2) is 0 Å². The van der Waals surface area contributed by atoms with Gasteiger partial charge in [-0.3, -0.25) is 4.79 Å². The van der Waals surface area contributed by atoms with E-state index >= 15 is 0 Å². The van der Waals surface area contributed by atoms with Crippen molar-refractivity contribution in [1.82, 2.24) is 0 Å². The first-order valence-corrected chi connectivity index (χ1v) is 4.56. The van der Waals surface area contributed by atoms with Crippen LogP contribution in [-0.4, -0.2) is 5.12 Å². The second-order valence-corrected chi connectivity index (χ2v) is 3.76. The van der Waals surface area contributed by atoms with E-state index < -0.39 is 0 Å². The largest absolute Gasteiger partial charge is 0.288 e. The molecule has 1 rings (SSSR count). The van der Waals surface area contributed by atoms with E-state index in [9.17, 15) is 4.79 Å². The Morgan fingerprint density at radius 2 is 2.00 bits per heavy atom. The van der Waals surface area contributed by atoms with Crippen LogP contribution in [-0.2, 0) is 4.79 Å². The van der Waals surface area contributed by atoms with Gasteiger partial charge in [0.1, 0.15) is 0 Å². The smallest absolute Gasteiger partial charge is 0.186 e. The van der Waals surface area contributed by atoms with E-state index in [1.807, 2.05) is 30.3 Å². The maximum atomic E-state index is 10.7. The van der Waals surface area contributed by atoms with Crippen LogP contribution in [0.4, 0.5) is 0 Å². The molecule has 12 heavy (non-hydrogen) atoms. The first kappa shape index (κ1) is 9.33. The summed E-state index contributed by atoms with van der Waals surface area (Å²) >= 11 is 1.15. The summed E-state index contributed by atoms with van der Waals surface area (Å²) in [5.74, 6) is 0. The predicted octanol–water partition coefficient (Wildman–Crippen LogP) is 2.72. The molecule has 1 aromatic rings. The normalized spacial score (nSPS) is 12.5. The molecule has 0 aliphatic rings. The third-order valence-corrected chi connectivity index (χ3v) is 2.28. The predicted molar refractivity (Wildman–Crippen MR) is 51.8 cm³/mol. The van der Waals surface area contributed by atoms with Crippen LogP contribution in [0, 0.1) is 6.92 Å². The van der Waals surface area contributed by atoms with E-state index in [-0.39, 0.29) is 10.4 Å². The third-order valence-electron chi connectivity index (χ3n) is 1.42. The van der Waals surface area contributed by atoms with Gasteiger partial charge in [0.25, 0.3) is 0 Å². The summed E-state index contributed by atoms with van der Waals surface area (Å²) < 4.78 is 0. The number of hydrogen-bond acceptors (Lipinski definition) is 2. The first-order valence-electron chi connectivity index (χ1n) is 3.68. The Labute approximate surface area is 77.2 Å². The lowest BCUT2D eigenvalue weighted by molar-refractivity contribution is -0.109. The summed E-state index contributed by atoms with van der Waals surface area (Å²) in [7, 11) is 0. The minimum absolute atomic E-state index is 0.0475. The van der Waals surface area contributed by atoms with Crippen LogP contribution < -0.4 is 0 Å². The van der Waals surface area contributed by atoms with Crippen LogP contribution in [0.3, 0.4) is 0 Å². The summed E-state index contributed by atoms with van der Waals surface area (Å²) in [6, 6.07) is 9.58. The van der Waals surface area contributed by atoms with Gasteiger partial charge in [-0.1, -0.05) is 42.1 Å². The molecule has 0 aliphatic carbocycles. The minimum atomic E-state index is -0.233. The molecular weight excluding hydrogens is 168 g/mol. The fourth-order valence-electron chi connectivity index (χ4n) is 0.890. The quantitative estimate of drug-likeness (QED) is 0.692. The topological polar surface area (TPSA) is 17.1 Å². The Kier molecular flexibility index (Phi) is 3.35. The van der Waals surface area contributed by atoms with Crippen LogP contribution in [0.2, 0.25) is 0 Å². The summed E-state index contributed by atoms with van der Waals surface area (Å²) in [5, 5.41) is -0.185. The number of hydrogen-bond donors (Lipinski definition) is 0. The van der Waals surface area contributed by atoms with Gasteiger partial charge in [0.05, 0.1) is 0 Å². The van der Waals surface area contributed by atoms with Gasteiger partial charge < -0.3 is 0 Å². The molecule has 0 saturated carbocycles. The van der Waals surface area contributed by atoms with Crippen molar-refractivity contribution in [3.8, 4) is 0 Å². The number of carbonyl (C=O) groups excluding carboxylic acids is 1. The van der Waals surface area contributed by atoms with E-state index in [2.05, 4.69) is 0 Å². The summed E-state index contributed by atoms with van der Waals surface area (Å²) in [5.41, 5.74) is 0.984. The molecule has 0 spiro atoms. The highest BCUT2D eigenvalue weighted by Gasteiger charge is 2.07. The molecule has 0 aromatic heterocycles. The lowest BCUT2D eigenvalue weighted by Crippen LogP contribution is -1.91. The maximum absolute atomic E-state index is 10.7. The van der Waals surface area contributed by atoms with Crippen molar-refractivity contribution in [1.29, 1.82) is 0 Å². The number of carbonyl (C=O) groups is 1. The molecule has 0 fully saturated rings. The average Bonchev–Trinajstić information content (AvgIpc) is 2.05. The average molecular weight is 178 g/mol. The Morgan fingerprint density at radius 3 is 2.50 bits per heavy atom. The van der Waals surface area contributed by atoms with Crippen molar-refractivity contribution in [3.63, 3.8) is 0 Å². The SMILES string of the molecule is [CH]C(SC(C)=O)c1ccccc1. The lowest BCUT2D eigenvalue weighted by Gasteiger charge is -2.07. The van der Waals surface area contributed by atoms with Gasteiger partial charge >= 0.3 is 0 Å². The molecule has 2 heteroatoms. The van der Waals surface area contributed by atoms with E-state index in [1.54, 1.807) is 0 Å². The van der Waals surface area contributed by atoms with E-state index in [4.69, 9.17) is 6.92 Å². The monoisotopic (exact) mass is 178 g/mol. The Balaban J connectivity index is 2.65. The molecule has 1 aromatic carbocycles. The van der Waals surface area contributed by atoms with Crippen molar-refractivity contribution in [2.75, 3.05) is 0 Å². The highest BCUT2D eigenvalue weighted by atomic mass is 32.2. The third kappa shape index (κ3) is 2.70. The van der Waals surface area contributed by atoms with Crippen LogP contribution in [0.15, 0.2) is 30.3 Å². The summed E-state index contributed by atoms with van der Waals surface area (Å²) in [4.78, 5) is 10.7. The Bertz CT molecular complexity index is 256. The summed E-state index contributed by atoms with van der Waals surface area (Å²) in [6.07, 6.45) is 0. The van der Waals surface area contributed by atoms with Gasteiger partial charge in [-0.05, 0) is 12.5 Å². The van der Waals surface area contributed by atoms with Crippen molar-refractivity contribution >= 4 is 16.9 Å². The highest BCUT2D eigenvalue weighted by molar-refractivity contribution is 8.13. The maximum Gasteiger partial charge on any atom is 0.186 e. The zero-order valence-electron chi connectivity index (χ0n) is 6.86. The van der Waals surface area contributed by atoms with Crippen LogP contribution in [0.1, 0.15) is 17.7 Å².